The second-order valence-electron chi connectivity index (χ2n) is 10.7. The lowest BCUT2D eigenvalue weighted by Gasteiger charge is -2.14. The number of rotatable bonds is 6. The van der Waals surface area contributed by atoms with Crippen LogP contribution in [-0.4, -0.2) is 15.0 Å². The Kier molecular flexibility index (Phi) is 6.77. The highest BCUT2D eigenvalue weighted by molar-refractivity contribution is 6.08. The lowest BCUT2D eigenvalue weighted by molar-refractivity contribution is 1.05. The maximum atomic E-state index is 5.08. The Hall–Kier alpha value is -5.15. The fraction of sp³-hybridized carbons (Fsp3) is 0.103. The minimum Gasteiger partial charge on any atom is -0.256 e. The van der Waals surface area contributed by atoms with Gasteiger partial charge in [-0.15, -0.1) is 0 Å². The van der Waals surface area contributed by atoms with E-state index in [0.29, 0.717) is 0 Å². The van der Waals surface area contributed by atoms with Gasteiger partial charge in [-0.25, -0.2) is 0 Å². The van der Waals surface area contributed by atoms with E-state index in [4.69, 9.17) is 15.0 Å². The summed E-state index contributed by atoms with van der Waals surface area (Å²) in [6.07, 6.45) is 3.67. The number of fused-ring (bicyclic) bond motifs is 3. The third-order valence-corrected chi connectivity index (χ3v) is 7.99. The van der Waals surface area contributed by atoms with Crippen LogP contribution >= 0.6 is 0 Å². The Morgan fingerprint density at radius 1 is 0.476 bits per heavy atom. The second-order valence-corrected chi connectivity index (χ2v) is 10.7. The number of aromatic nitrogens is 3. The molecular formula is C39H31N3. The average molecular weight is 542 g/mol. The molecule has 0 unspecified atom stereocenters. The second kappa shape index (κ2) is 11.0. The first-order valence-electron chi connectivity index (χ1n) is 14.6. The summed E-state index contributed by atoms with van der Waals surface area (Å²) in [6.45, 7) is 4.30. The Bertz CT molecular complexity index is 1990. The lowest BCUT2D eigenvalue weighted by atomic mass is 9.93. The van der Waals surface area contributed by atoms with Crippen LogP contribution in [0.15, 0.2) is 128 Å². The molecule has 0 spiro atoms. The molecule has 0 radical (unpaired) electrons. The van der Waals surface area contributed by atoms with Crippen molar-refractivity contribution in [3.8, 4) is 44.6 Å². The molecule has 0 bridgehead atoms. The van der Waals surface area contributed by atoms with E-state index in [1.807, 2.05) is 6.20 Å². The van der Waals surface area contributed by atoms with Gasteiger partial charge in [0.2, 0.25) is 0 Å². The molecule has 7 aromatic rings. The van der Waals surface area contributed by atoms with Crippen LogP contribution < -0.4 is 0 Å². The van der Waals surface area contributed by atoms with Gasteiger partial charge in [0.1, 0.15) is 0 Å². The number of hydrogen-bond donors (Lipinski definition) is 0. The van der Waals surface area contributed by atoms with E-state index in [-0.39, 0.29) is 0 Å². The molecule has 0 aliphatic carbocycles. The van der Waals surface area contributed by atoms with Crippen LogP contribution in [0, 0.1) is 0 Å². The summed E-state index contributed by atoms with van der Waals surface area (Å²) < 4.78 is 0. The van der Waals surface area contributed by atoms with Crippen LogP contribution in [0.5, 0.6) is 0 Å². The van der Waals surface area contributed by atoms with Gasteiger partial charge in [0.05, 0.1) is 16.7 Å². The van der Waals surface area contributed by atoms with E-state index in [0.717, 1.165) is 68.4 Å². The van der Waals surface area contributed by atoms with Crippen LogP contribution in [0.4, 0.5) is 0 Å². The average Bonchev–Trinajstić information content (AvgIpc) is 3.08. The summed E-state index contributed by atoms with van der Waals surface area (Å²) in [5, 5.41) is 2.23. The molecule has 0 N–H and O–H groups in total. The Balaban J connectivity index is 1.42. The molecule has 202 valence electrons. The minimum absolute atomic E-state index is 0.851. The third-order valence-electron chi connectivity index (χ3n) is 7.99. The van der Waals surface area contributed by atoms with Crippen molar-refractivity contribution in [2.45, 2.75) is 26.7 Å². The van der Waals surface area contributed by atoms with Crippen molar-refractivity contribution < 1.29 is 0 Å². The maximum absolute atomic E-state index is 5.08. The molecular weight excluding hydrogens is 510 g/mol. The van der Waals surface area contributed by atoms with Crippen molar-refractivity contribution in [3.05, 3.63) is 139 Å². The zero-order chi connectivity index (χ0) is 28.5. The number of hydrogen-bond acceptors (Lipinski definition) is 3. The smallest absolute Gasteiger partial charge is 0.0974 e. The van der Waals surface area contributed by atoms with Gasteiger partial charge in [-0.2, -0.15) is 0 Å². The van der Waals surface area contributed by atoms with Crippen molar-refractivity contribution in [3.63, 3.8) is 0 Å². The van der Waals surface area contributed by atoms with Gasteiger partial charge in [-0.3, -0.25) is 15.0 Å². The topological polar surface area (TPSA) is 38.7 Å². The fourth-order valence-corrected chi connectivity index (χ4v) is 5.71. The number of pyridine rings is 3. The largest absolute Gasteiger partial charge is 0.256 e. The maximum Gasteiger partial charge on any atom is 0.0974 e. The molecule has 0 aliphatic heterocycles. The van der Waals surface area contributed by atoms with Crippen LogP contribution in [-0.2, 0) is 12.8 Å². The molecule has 42 heavy (non-hydrogen) atoms. The van der Waals surface area contributed by atoms with Gasteiger partial charge >= 0.3 is 0 Å². The van der Waals surface area contributed by atoms with Gasteiger partial charge in [-0.1, -0.05) is 92.7 Å². The molecule has 0 atom stereocenters. The number of aryl methyl sites for hydroxylation is 2. The zero-order valence-corrected chi connectivity index (χ0v) is 23.9. The Labute approximate surface area is 246 Å². The third kappa shape index (κ3) is 4.84. The van der Waals surface area contributed by atoms with E-state index in [2.05, 4.69) is 135 Å². The van der Waals surface area contributed by atoms with Gasteiger partial charge < -0.3 is 0 Å². The van der Waals surface area contributed by atoms with Crippen molar-refractivity contribution in [2.24, 2.45) is 0 Å². The summed E-state index contributed by atoms with van der Waals surface area (Å²) in [5.74, 6) is 0. The summed E-state index contributed by atoms with van der Waals surface area (Å²) in [5.41, 5.74) is 13.1. The predicted molar refractivity (Wildman–Crippen MR) is 175 cm³/mol. The van der Waals surface area contributed by atoms with E-state index in [1.165, 1.54) is 22.3 Å². The van der Waals surface area contributed by atoms with Crippen molar-refractivity contribution >= 4 is 21.8 Å². The van der Waals surface area contributed by atoms with Crippen LogP contribution in [0.1, 0.15) is 25.2 Å². The molecule has 0 fully saturated rings. The predicted octanol–water partition coefficient (Wildman–Crippen LogP) is 9.97. The van der Waals surface area contributed by atoms with E-state index < -0.39 is 0 Å². The highest BCUT2D eigenvalue weighted by Crippen LogP contribution is 2.36. The van der Waals surface area contributed by atoms with Crippen molar-refractivity contribution in [1.29, 1.82) is 0 Å². The summed E-state index contributed by atoms with van der Waals surface area (Å²) in [7, 11) is 0. The standard InChI is InChI=1S/C39H31N3/c1-3-33-17-15-28-16-18-35-36(25-34(4-2)42-39(35)38(28)41-33)29-19-20-40-37(24-29)32-22-30(26-11-7-5-8-12-26)21-31(23-32)27-13-9-6-10-14-27/h5-25H,3-4H2,1-2H3. The summed E-state index contributed by atoms with van der Waals surface area (Å²) >= 11 is 0. The molecule has 7 rings (SSSR count). The molecule has 4 aromatic carbocycles. The first-order chi connectivity index (χ1) is 20.7. The lowest BCUT2D eigenvalue weighted by Crippen LogP contribution is -1.96. The quantitative estimate of drug-likeness (QED) is 0.197. The number of benzene rings is 4. The molecule has 3 nitrogen and oxygen atoms in total. The highest BCUT2D eigenvalue weighted by atomic mass is 14.8. The first-order valence-corrected chi connectivity index (χ1v) is 14.6. The fourth-order valence-electron chi connectivity index (χ4n) is 5.71. The zero-order valence-electron chi connectivity index (χ0n) is 23.9. The Morgan fingerprint density at radius 2 is 1.10 bits per heavy atom. The summed E-state index contributed by atoms with van der Waals surface area (Å²) in [6, 6.07) is 43.1. The first kappa shape index (κ1) is 25.8. The minimum atomic E-state index is 0.851. The molecule has 0 saturated heterocycles. The van der Waals surface area contributed by atoms with Gasteiger partial charge in [0.25, 0.3) is 0 Å². The van der Waals surface area contributed by atoms with Crippen LogP contribution in [0.3, 0.4) is 0 Å². The number of nitrogens with zero attached hydrogens (tertiary/aromatic N) is 3. The van der Waals surface area contributed by atoms with Gasteiger partial charge in [-0.05, 0) is 88.7 Å². The van der Waals surface area contributed by atoms with Crippen molar-refractivity contribution in [2.75, 3.05) is 0 Å². The molecule has 0 saturated carbocycles. The normalized spacial score (nSPS) is 11.3. The SMILES string of the molecule is CCc1ccc2ccc3c(-c4ccnc(-c5cc(-c6ccccc6)cc(-c6ccccc6)c5)c4)cc(CC)nc3c2n1. The monoisotopic (exact) mass is 541 g/mol. The van der Waals surface area contributed by atoms with Crippen LogP contribution in [0.2, 0.25) is 0 Å². The molecule has 3 heteroatoms. The molecule has 3 heterocycles. The Morgan fingerprint density at radius 3 is 1.76 bits per heavy atom. The molecule has 0 aliphatic rings. The van der Waals surface area contributed by atoms with Crippen molar-refractivity contribution in [1.82, 2.24) is 15.0 Å². The van der Waals surface area contributed by atoms with E-state index in [1.54, 1.807) is 0 Å². The molecule has 0 amide bonds. The van der Waals surface area contributed by atoms with Crippen LogP contribution in [0.25, 0.3) is 66.4 Å². The van der Waals surface area contributed by atoms with Gasteiger partial charge in [0.15, 0.2) is 0 Å². The highest BCUT2D eigenvalue weighted by Gasteiger charge is 2.14. The molecule has 3 aromatic heterocycles. The summed E-state index contributed by atoms with van der Waals surface area (Å²) in [4.78, 5) is 14.9. The van der Waals surface area contributed by atoms with Gasteiger partial charge in [0, 0.05) is 33.9 Å². The van der Waals surface area contributed by atoms with E-state index in [9.17, 15) is 0 Å². The van der Waals surface area contributed by atoms with E-state index >= 15 is 0 Å².